The van der Waals surface area contributed by atoms with Crippen molar-refractivity contribution in [3.63, 3.8) is 0 Å². The molecule has 1 atom stereocenters. The number of likely N-dealkylation sites (N-methyl/N-ethyl adjacent to an activating group) is 1. The number of piperidine rings is 1. The van der Waals surface area contributed by atoms with Crippen LogP contribution in [0, 0.1) is 0 Å². The van der Waals surface area contributed by atoms with Crippen molar-refractivity contribution in [2.75, 3.05) is 27.2 Å². The smallest absolute Gasteiger partial charge is 0.133 e. The van der Waals surface area contributed by atoms with Crippen molar-refractivity contribution in [1.29, 1.82) is 0 Å². The maximum absolute atomic E-state index is 5.24. The summed E-state index contributed by atoms with van der Waals surface area (Å²) in [5, 5.41) is 3.56. The zero-order chi connectivity index (χ0) is 13.7. The van der Waals surface area contributed by atoms with E-state index < -0.39 is 0 Å². The van der Waals surface area contributed by atoms with Crippen LogP contribution in [0.15, 0.2) is 22.7 Å². The SMILES string of the molecule is COc1ccc(CNCC2CCCCN2C)cc1Br. The van der Waals surface area contributed by atoms with Gasteiger partial charge in [-0.3, -0.25) is 0 Å². The first-order valence-electron chi connectivity index (χ1n) is 6.94. The summed E-state index contributed by atoms with van der Waals surface area (Å²) in [7, 11) is 3.92. The van der Waals surface area contributed by atoms with Crippen LogP contribution >= 0.6 is 15.9 Å². The Bertz CT molecular complexity index is 411. The lowest BCUT2D eigenvalue weighted by atomic mass is 10.0. The minimum atomic E-state index is 0.690. The number of nitrogens with zero attached hydrogens (tertiary/aromatic N) is 1. The summed E-state index contributed by atoms with van der Waals surface area (Å²) in [5.41, 5.74) is 1.28. The molecule has 1 aliphatic rings. The maximum atomic E-state index is 5.24. The van der Waals surface area contributed by atoms with Crippen LogP contribution in [-0.2, 0) is 6.54 Å². The first kappa shape index (κ1) is 14.8. The molecule has 1 heterocycles. The molecule has 4 heteroatoms. The minimum Gasteiger partial charge on any atom is -0.496 e. The zero-order valence-corrected chi connectivity index (χ0v) is 13.4. The van der Waals surface area contributed by atoms with E-state index in [4.69, 9.17) is 4.74 Å². The molecule has 1 unspecified atom stereocenters. The van der Waals surface area contributed by atoms with Gasteiger partial charge < -0.3 is 15.0 Å². The van der Waals surface area contributed by atoms with Crippen LogP contribution in [-0.4, -0.2) is 38.2 Å². The highest BCUT2D eigenvalue weighted by molar-refractivity contribution is 9.10. The van der Waals surface area contributed by atoms with E-state index in [-0.39, 0.29) is 0 Å². The van der Waals surface area contributed by atoms with E-state index in [1.807, 2.05) is 6.07 Å². The second kappa shape index (κ2) is 7.27. The van der Waals surface area contributed by atoms with E-state index in [0.29, 0.717) is 6.04 Å². The number of benzene rings is 1. The molecule has 1 aromatic rings. The number of hydrogen-bond acceptors (Lipinski definition) is 3. The Kier molecular flexibility index (Phi) is 5.67. The first-order chi connectivity index (χ1) is 9.20. The van der Waals surface area contributed by atoms with Gasteiger partial charge in [0.1, 0.15) is 5.75 Å². The Morgan fingerprint density at radius 2 is 2.26 bits per heavy atom. The molecular formula is C15H23BrN2O. The lowest BCUT2D eigenvalue weighted by Gasteiger charge is -2.32. The van der Waals surface area contributed by atoms with Gasteiger partial charge in [-0.25, -0.2) is 0 Å². The Morgan fingerprint density at radius 1 is 1.42 bits per heavy atom. The first-order valence-corrected chi connectivity index (χ1v) is 7.73. The van der Waals surface area contributed by atoms with Gasteiger partial charge in [0.15, 0.2) is 0 Å². The molecule has 1 saturated heterocycles. The summed E-state index contributed by atoms with van der Waals surface area (Å²) in [5.74, 6) is 0.885. The average Bonchev–Trinajstić information content (AvgIpc) is 2.41. The van der Waals surface area contributed by atoms with Gasteiger partial charge in [0.05, 0.1) is 11.6 Å². The molecule has 1 aliphatic heterocycles. The van der Waals surface area contributed by atoms with Crippen LogP contribution in [0.25, 0.3) is 0 Å². The normalized spacial score (nSPS) is 20.5. The van der Waals surface area contributed by atoms with Crippen LogP contribution in [0.3, 0.4) is 0 Å². The van der Waals surface area contributed by atoms with Crippen molar-refractivity contribution in [3.05, 3.63) is 28.2 Å². The van der Waals surface area contributed by atoms with Crippen LogP contribution in [0.2, 0.25) is 0 Å². The summed E-state index contributed by atoms with van der Waals surface area (Å²) in [4.78, 5) is 2.47. The Labute approximate surface area is 124 Å². The van der Waals surface area contributed by atoms with Gasteiger partial charge in [-0.1, -0.05) is 12.5 Å². The van der Waals surface area contributed by atoms with Crippen LogP contribution in [0.5, 0.6) is 5.75 Å². The lowest BCUT2D eigenvalue weighted by Crippen LogP contribution is -2.42. The molecule has 1 aromatic carbocycles. The van der Waals surface area contributed by atoms with Crippen molar-refractivity contribution in [3.8, 4) is 5.75 Å². The highest BCUT2D eigenvalue weighted by Gasteiger charge is 2.17. The monoisotopic (exact) mass is 326 g/mol. The van der Waals surface area contributed by atoms with Crippen molar-refractivity contribution in [2.24, 2.45) is 0 Å². The summed E-state index contributed by atoms with van der Waals surface area (Å²) in [6.07, 6.45) is 4.03. The zero-order valence-electron chi connectivity index (χ0n) is 11.8. The number of rotatable bonds is 5. The number of methoxy groups -OCH3 is 1. The Morgan fingerprint density at radius 3 is 2.95 bits per heavy atom. The third-order valence-corrected chi connectivity index (χ3v) is 4.47. The van der Waals surface area contributed by atoms with Crippen molar-refractivity contribution < 1.29 is 4.74 Å². The summed E-state index contributed by atoms with van der Waals surface area (Å²) < 4.78 is 6.26. The average molecular weight is 327 g/mol. The third-order valence-electron chi connectivity index (χ3n) is 3.85. The molecule has 1 fully saturated rings. The predicted molar refractivity (Wildman–Crippen MR) is 82.7 cm³/mol. The molecule has 0 spiro atoms. The third kappa shape index (κ3) is 4.20. The van der Waals surface area contributed by atoms with E-state index in [0.717, 1.165) is 23.3 Å². The van der Waals surface area contributed by atoms with Crippen molar-refractivity contribution in [2.45, 2.75) is 31.8 Å². The molecule has 19 heavy (non-hydrogen) atoms. The van der Waals surface area contributed by atoms with Crippen LogP contribution < -0.4 is 10.1 Å². The van der Waals surface area contributed by atoms with Gasteiger partial charge >= 0.3 is 0 Å². The molecular weight excluding hydrogens is 304 g/mol. The second-order valence-corrected chi connectivity index (χ2v) is 6.08. The van der Waals surface area contributed by atoms with Crippen molar-refractivity contribution in [1.82, 2.24) is 10.2 Å². The fraction of sp³-hybridized carbons (Fsp3) is 0.600. The summed E-state index contributed by atoms with van der Waals surface area (Å²) in [6.45, 7) is 3.22. The maximum Gasteiger partial charge on any atom is 0.133 e. The number of hydrogen-bond donors (Lipinski definition) is 1. The molecule has 106 valence electrons. The van der Waals surface area contributed by atoms with Crippen LogP contribution in [0.4, 0.5) is 0 Å². The molecule has 0 amide bonds. The van der Waals surface area contributed by atoms with Gasteiger partial charge in [0.2, 0.25) is 0 Å². The highest BCUT2D eigenvalue weighted by atomic mass is 79.9. The van der Waals surface area contributed by atoms with E-state index in [2.05, 4.69) is 45.3 Å². The Hall–Kier alpha value is -0.580. The molecule has 0 saturated carbocycles. The van der Waals surface area contributed by atoms with Gasteiger partial charge in [-0.2, -0.15) is 0 Å². The molecule has 1 N–H and O–H groups in total. The van der Waals surface area contributed by atoms with Gasteiger partial charge in [0.25, 0.3) is 0 Å². The largest absolute Gasteiger partial charge is 0.496 e. The molecule has 2 rings (SSSR count). The minimum absolute atomic E-state index is 0.690. The number of likely N-dealkylation sites (tertiary alicyclic amines) is 1. The molecule has 0 aliphatic carbocycles. The molecule has 3 nitrogen and oxygen atoms in total. The number of ether oxygens (including phenoxy) is 1. The lowest BCUT2D eigenvalue weighted by molar-refractivity contribution is 0.181. The van der Waals surface area contributed by atoms with E-state index in [1.54, 1.807) is 7.11 Å². The fourth-order valence-corrected chi connectivity index (χ4v) is 3.19. The molecule has 0 radical (unpaired) electrons. The second-order valence-electron chi connectivity index (χ2n) is 5.23. The fourth-order valence-electron chi connectivity index (χ4n) is 2.60. The van der Waals surface area contributed by atoms with E-state index in [1.165, 1.54) is 31.4 Å². The van der Waals surface area contributed by atoms with E-state index >= 15 is 0 Å². The van der Waals surface area contributed by atoms with Gasteiger partial charge in [-0.15, -0.1) is 0 Å². The standard InChI is InChI=1S/C15H23BrN2O/c1-18-8-4-3-5-13(18)11-17-10-12-6-7-15(19-2)14(16)9-12/h6-7,9,13,17H,3-5,8,10-11H2,1-2H3. The van der Waals surface area contributed by atoms with E-state index in [9.17, 15) is 0 Å². The Balaban J connectivity index is 1.80. The highest BCUT2D eigenvalue weighted by Crippen LogP contribution is 2.25. The molecule has 0 bridgehead atoms. The van der Waals surface area contributed by atoms with Crippen molar-refractivity contribution >= 4 is 15.9 Å². The topological polar surface area (TPSA) is 24.5 Å². The van der Waals surface area contributed by atoms with Crippen LogP contribution in [0.1, 0.15) is 24.8 Å². The number of halogens is 1. The predicted octanol–water partition coefficient (Wildman–Crippen LogP) is 3.03. The quantitative estimate of drug-likeness (QED) is 0.900. The number of nitrogens with one attached hydrogen (secondary N) is 1. The van der Waals surface area contributed by atoms with Gasteiger partial charge in [-0.05, 0) is 60.1 Å². The van der Waals surface area contributed by atoms with Gasteiger partial charge in [0, 0.05) is 19.1 Å². The summed E-state index contributed by atoms with van der Waals surface area (Å²) in [6, 6.07) is 6.93. The summed E-state index contributed by atoms with van der Waals surface area (Å²) >= 11 is 3.52. The molecule has 0 aromatic heterocycles.